The number of thioether (sulfide) groups is 1. The molecule has 3 aromatic heterocycles. The molecule has 0 aliphatic heterocycles. The molecule has 3 heterocycles. The van der Waals surface area contributed by atoms with Gasteiger partial charge in [-0.25, -0.2) is 0 Å². The molecule has 39 heavy (non-hydrogen) atoms. The van der Waals surface area contributed by atoms with Crippen molar-refractivity contribution in [2.45, 2.75) is 17.8 Å². The van der Waals surface area contributed by atoms with Gasteiger partial charge in [0.25, 0.3) is 0 Å². The largest absolute Gasteiger partial charge is 0.492 e. The summed E-state index contributed by atoms with van der Waals surface area (Å²) in [5, 5.41) is 24.4. The van der Waals surface area contributed by atoms with E-state index < -0.39 is 0 Å². The molecular weight excluding hydrogens is 508 g/mol. The molecule has 0 spiro atoms. The van der Waals surface area contributed by atoms with Crippen LogP contribution in [0.1, 0.15) is 12.5 Å². The normalized spacial score (nSPS) is 11.0. The molecule has 0 fully saturated rings. The van der Waals surface area contributed by atoms with Crippen molar-refractivity contribution in [1.29, 1.82) is 0 Å². The number of pyridine rings is 1. The van der Waals surface area contributed by atoms with E-state index in [-0.39, 0.29) is 0 Å². The molecule has 0 radical (unpaired) electrons. The van der Waals surface area contributed by atoms with E-state index in [0.29, 0.717) is 12.4 Å². The summed E-state index contributed by atoms with van der Waals surface area (Å²) in [5.74, 6) is 2.81. The van der Waals surface area contributed by atoms with Crippen LogP contribution < -0.4 is 4.74 Å². The fourth-order valence-corrected chi connectivity index (χ4v) is 5.22. The lowest BCUT2D eigenvalue weighted by Crippen LogP contribution is -2.04. The number of hydrogen-bond donors (Lipinski definition) is 1. The topological polar surface area (TPSA) is 107 Å². The monoisotopic (exact) mass is 532 g/mol. The van der Waals surface area contributed by atoms with Crippen LogP contribution in [0.25, 0.3) is 39.6 Å². The van der Waals surface area contributed by atoms with E-state index in [1.165, 1.54) is 5.56 Å². The van der Waals surface area contributed by atoms with Crippen LogP contribution >= 0.6 is 11.8 Å². The predicted octanol–water partition coefficient (Wildman–Crippen LogP) is 5.87. The number of ether oxygens (including phenoxy) is 1. The average molecular weight is 533 g/mol. The van der Waals surface area contributed by atoms with Crippen molar-refractivity contribution in [2.24, 2.45) is 0 Å². The molecule has 0 bridgehead atoms. The van der Waals surface area contributed by atoms with Crippen molar-refractivity contribution in [2.75, 3.05) is 6.61 Å². The zero-order valence-electron chi connectivity index (χ0n) is 21.1. The number of nitrogens with one attached hydrogen (secondary N) is 1. The summed E-state index contributed by atoms with van der Waals surface area (Å²) in [4.78, 5) is 4.15. The Morgan fingerprint density at radius 2 is 1.56 bits per heavy atom. The van der Waals surface area contributed by atoms with E-state index in [0.717, 1.165) is 50.4 Å². The van der Waals surface area contributed by atoms with Gasteiger partial charge in [-0.15, -0.1) is 20.4 Å². The van der Waals surface area contributed by atoms with Gasteiger partial charge in [0.15, 0.2) is 11.0 Å². The summed E-state index contributed by atoms with van der Waals surface area (Å²) in [6.07, 6.45) is 3.52. The van der Waals surface area contributed by atoms with Crippen molar-refractivity contribution in [1.82, 2.24) is 40.4 Å². The molecule has 0 aliphatic carbocycles. The third-order valence-corrected chi connectivity index (χ3v) is 7.12. The summed E-state index contributed by atoms with van der Waals surface area (Å²) in [6, 6.07) is 28.4. The van der Waals surface area contributed by atoms with Crippen LogP contribution in [0.3, 0.4) is 0 Å². The predicted molar refractivity (Wildman–Crippen MR) is 150 cm³/mol. The number of aromatic amines is 1. The second-order valence-corrected chi connectivity index (χ2v) is 9.49. The number of hydrogen-bond acceptors (Lipinski definition) is 8. The van der Waals surface area contributed by atoms with Gasteiger partial charge in [-0.2, -0.15) is 5.21 Å². The molecule has 0 unspecified atom stereocenters. The maximum atomic E-state index is 5.95. The van der Waals surface area contributed by atoms with Crippen LogP contribution in [0.15, 0.2) is 102 Å². The van der Waals surface area contributed by atoms with E-state index in [2.05, 4.69) is 70.7 Å². The molecular formula is C29H24N8OS. The lowest BCUT2D eigenvalue weighted by Gasteiger charge is -2.15. The SMILES string of the molecule is CCOc1ccccc1-n1c(SCc2ccc(-c3ccccc3-c3nn[nH]n3)cc2)nnc1-c1ccncc1. The maximum absolute atomic E-state index is 5.95. The van der Waals surface area contributed by atoms with Crippen molar-refractivity contribution in [3.63, 3.8) is 0 Å². The lowest BCUT2D eigenvalue weighted by molar-refractivity contribution is 0.338. The van der Waals surface area contributed by atoms with Gasteiger partial charge < -0.3 is 4.74 Å². The van der Waals surface area contributed by atoms with Crippen molar-refractivity contribution >= 4 is 11.8 Å². The van der Waals surface area contributed by atoms with E-state index in [9.17, 15) is 0 Å². The number of tetrazole rings is 1. The average Bonchev–Trinajstić information content (AvgIpc) is 3.68. The van der Waals surface area contributed by atoms with Crippen LogP contribution in [0.5, 0.6) is 5.75 Å². The first kappa shape index (κ1) is 24.5. The first-order chi connectivity index (χ1) is 19.3. The zero-order valence-corrected chi connectivity index (χ0v) is 21.9. The van der Waals surface area contributed by atoms with Gasteiger partial charge >= 0.3 is 0 Å². The summed E-state index contributed by atoms with van der Waals surface area (Å²) < 4.78 is 8.00. The fourth-order valence-electron chi connectivity index (χ4n) is 4.32. The van der Waals surface area contributed by atoms with E-state index >= 15 is 0 Å². The van der Waals surface area contributed by atoms with Gasteiger partial charge in [0.05, 0.1) is 12.3 Å². The smallest absolute Gasteiger partial charge is 0.205 e. The van der Waals surface area contributed by atoms with Crippen LogP contribution in [0.2, 0.25) is 0 Å². The Kier molecular flexibility index (Phi) is 7.09. The minimum Gasteiger partial charge on any atom is -0.492 e. The van der Waals surface area contributed by atoms with Gasteiger partial charge in [0.1, 0.15) is 5.75 Å². The molecule has 10 heteroatoms. The number of rotatable bonds is 9. The Bertz CT molecular complexity index is 1670. The molecule has 0 amide bonds. The number of nitrogens with zero attached hydrogens (tertiary/aromatic N) is 7. The Morgan fingerprint density at radius 3 is 2.33 bits per heavy atom. The minimum absolute atomic E-state index is 0.564. The highest BCUT2D eigenvalue weighted by Crippen LogP contribution is 2.34. The number of benzene rings is 3. The number of aromatic nitrogens is 8. The molecule has 0 atom stereocenters. The molecule has 6 rings (SSSR count). The van der Waals surface area contributed by atoms with Crippen molar-refractivity contribution < 1.29 is 4.74 Å². The first-order valence-electron chi connectivity index (χ1n) is 12.4. The highest BCUT2D eigenvalue weighted by atomic mass is 32.2. The standard InChI is InChI=1S/C29H24N8OS/c1-2-38-26-10-6-5-9-25(26)37-28(22-15-17-30-18-16-22)33-34-29(37)39-19-20-11-13-21(14-12-20)23-7-3-4-8-24(23)27-31-35-36-32-27/h3-18H,2,19H2,1H3,(H,31,32,35,36). The molecule has 9 nitrogen and oxygen atoms in total. The maximum Gasteiger partial charge on any atom is 0.205 e. The van der Waals surface area contributed by atoms with Crippen molar-refractivity contribution in [3.8, 4) is 45.3 Å². The van der Waals surface area contributed by atoms with Gasteiger partial charge in [0, 0.05) is 29.3 Å². The Morgan fingerprint density at radius 1 is 0.795 bits per heavy atom. The van der Waals surface area contributed by atoms with E-state index in [4.69, 9.17) is 4.74 Å². The van der Waals surface area contributed by atoms with Gasteiger partial charge in [0.2, 0.25) is 5.82 Å². The summed E-state index contributed by atoms with van der Waals surface area (Å²) in [7, 11) is 0. The Balaban J connectivity index is 1.29. The summed E-state index contributed by atoms with van der Waals surface area (Å²) in [6.45, 7) is 2.54. The summed E-state index contributed by atoms with van der Waals surface area (Å²) >= 11 is 1.63. The number of H-pyrrole nitrogens is 1. The van der Waals surface area contributed by atoms with Crippen LogP contribution in [-0.2, 0) is 5.75 Å². The van der Waals surface area contributed by atoms with Crippen LogP contribution in [-0.4, -0.2) is 47.0 Å². The van der Waals surface area contributed by atoms with Crippen LogP contribution in [0, 0.1) is 0 Å². The molecule has 1 N–H and O–H groups in total. The van der Waals surface area contributed by atoms with Gasteiger partial charge in [-0.1, -0.05) is 72.4 Å². The Hall–Kier alpha value is -4.83. The highest BCUT2D eigenvalue weighted by molar-refractivity contribution is 7.98. The third kappa shape index (κ3) is 5.14. The molecule has 192 valence electrons. The van der Waals surface area contributed by atoms with Crippen LogP contribution in [0.4, 0.5) is 0 Å². The zero-order chi connectivity index (χ0) is 26.4. The molecule has 6 aromatic rings. The first-order valence-corrected chi connectivity index (χ1v) is 13.4. The summed E-state index contributed by atoms with van der Waals surface area (Å²) in [5.41, 5.74) is 6.05. The van der Waals surface area contributed by atoms with E-state index in [1.54, 1.807) is 24.2 Å². The number of para-hydroxylation sites is 2. The van der Waals surface area contributed by atoms with Gasteiger partial charge in [-0.3, -0.25) is 9.55 Å². The minimum atomic E-state index is 0.564. The lowest BCUT2D eigenvalue weighted by atomic mass is 9.98. The molecule has 0 saturated heterocycles. The molecule has 3 aromatic carbocycles. The second-order valence-electron chi connectivity index (χ2n) is 8.54. The third-order valence-electron chi connectivity index (χ3n) is 6.12. The quantitative estimate of drug-likeness (QED) is 0.231. The molecule has 0 saturated carbocycles. The highest BCUT2D eigenvalue weighted by Gasteiger charge is 2.19. The Labute approximate surface area is 229 Å². The van der Waals surface area contributed by atoms with Crippen molar-refractivity contribution in [3.05, 3.63) is 103 Å². The fraction of sp³-hybridized carbons (Fsp3) is 0.103. The molecule has 0 aliphatic rings. The van der Waals surface area contributed by atoms with E-state index in [1.807, 2.05) is 61.5 Å². The van der Waals surface area contributed by atoms with Gasteiger partial charge in [-0.05, 0) is 53.1 Å². The second kappa shape index (κ2) is 11.3.